The van der Waals surface area contributed by atoms with Gasteiger partial charge in [0.15, 0.2) is 5.16 Å². The summed E-state index contributed by atoms with van der Waals surface area (Å²) >= 11 is 5.06. The molecule has 3 aromatic heterocycles. The van der Waals surface area contributed by atoms with Gasteiger partial charge in [0.1, 0.15) is 9.86 Å². The molecule has 1 aliphatic rings. The van der Waals surface area contributed by atoms with E-state index in [4.69, 9.17) is 19.7 Å². The molecule has 154 valence electrons. The second-order valence-corrected chi connectivity index (χ2v) is 11.3. The van der Waals surface area contributed by atoms with E-state index in [0.29, 0.717) is 12.5 Å². The number of thiophene rings is 1. The van der Waals surface area contributed by atoms with Crippen LogP contribution in [0.4, 0.5) is 0 Å². The highest BCUT2D eigenvalue weighted by Crippen LogP contribution is 2.44. The van der Waals surface area contributed by atoms with Gasteiger partial charge >= 0.3 is 0 Å². The number of fused-ring (bicyclic) bond motifs is 5. The van der Waals surface area contributed by atoms with Crippen LogP contribution in [-0.2, 0) is 17.8 Å². The predicted octanol–water partition coefficient (Wildman–Crippen LogP) is 6.60. The first-order chi connectivity index (χ1) is 13.7. The van der Waals surface area contributed by atoms with Gasteiger partial charge in [0.25, 0.3) is 0 Å². The maximum Gasteiger partial charge on any atom is 0.189 e. The van der Waals surface area contributed by atoms with Crippen molar-refractivity contribution < 1.29 is 4.74 Å². The first-order valence-electron chi connectivity index (χ1n) is 9.81. The number of nitrogens with zero attached hydrogens (tertiary/aromatic N) is 3. The van der Waals surface area contributed by atoms with Crippen LogP contribution in [-0.4, -0.2) is 32.6 Å². The number of hydrogen-bond donors (Lipinski definition) is 0. The lowest BCUT2D eigenvalue weighted by atomic mass is 9.87. The van der Waals surface area contributed by atoms with Crippen molar-refractivity contribution in [2.75, 3.05) is 12.0 Å². The van der Waals surface area contributed by atoms with Crippen molar-refractivity contribution in [3.05, 3.63) is 29.0 Å². The Morgan fingerprint density at radius 1 is 1.24 bits per heavy atom. The Morgan fingerprint density at radius 2 is 2.00 bits per heavy atom. The molecule has 29 heavy (non-hydrogen) atoms. The van der Waals surface area contributed by atoms with Crippen LogP contribution >= 0.6 is 34.9 Å². The van der Waals surface area contributed by atoms with Crippen molar-refractivity contribution in [2.24, 2.45) is 0 Å². The molecule has 7 heteroatoms. The van der Waals surface area contributed by atoms with Gasteiger partial charge in [-0.3, -0.25) is 0 Å². The zero-order valence-corrected chi connectivity index (χ0v) is 20.3. The maximum absolute atomic E-state index is 6.17. The SMILES string of the molecule is C=C(C)CSc1nc(SC)nc2c1sc1nc(C(C)C)c3c(c12)CC(C)(C)OC3. The van der Waals surface area contributed by atoms with Gasteiger partial charge in [-0.2, -0.15) is 0 Å². The minimum absolute atomic E-state index is 0.184. The van der Waals surface area contributed by atoms with Crippen LogP contribution in [0.5, 0.6) is 0 Å². The molecule has 4 rings (SSSR count). The largest absolute Gasteiger partial charge is 0.370 e. The Labute approximate surface area is 185 Å². The van der Waals surface area contributed by atoms with Crippen molar-refractivity contribution in [3.8, 4) is 0 Å². The van der Waals surface area contributed by atoms with E-state index in [2.05, 4.69) is 41.2 Å². The van der Waals surface area contributed by atoms with Gasteiger partial charge in [-0.25, -0.2) is 15.0 Å². The highest BCUT2D eigenvalue weighted by molar-refractivity contribution is 8.00. The lowest BCUT2D eigenvalue weighted by Crippen LogP contribution is -2.32. The Bertz CT molecular complexity index is 1120. The van der Waals surface area contributed by atoms with Crippen LogP contribution < -0.4 is 0 Å². The molecule has 0 saturated heterocycles. The van der Waals surface area contributed by atoms with Gasteiger partial charge in [-0.05, 0) is 38.5 Å². The van der Waals surface area contributed by atoms with E-state index in [0.717, 1.165) is 48.7 Å². The topological polar surface area (TPSA) is 47.9 Å². The molecule has 0 N–H and O–H groups in total. The van der Waals surface area contributed by atoms with Crippen LogP contribution in [0.2, 0.25) is 0 Å². The zero-order chi connectivity index (χ0) is 20.9. The lowest BCUT2D eigenvalue weighted by Gasteiger charge is -2.33. The van der Waals surface area contributed by atoms with Crippen molar-refractivity contribution in [1.82, 2.24) is 15.0 Å². The molecule has 1 aliphatic heterocycles. The van der Waals surface area contributed by atoms with Crippen LogP contribution in [0.15, 0.2) is 22.3 Å². The Morgan fingerprint density at radius 3 is 2.66 bits per heavy atom. The second kappa shape index (κ2) is 7.84. The summed E-state index contributed by atoms with van der Waals surface area (Å²) in [6.45, 7) is 15.5. The van der Waals surface area contributed by atoms with Crippen LogP contribution in [0.25, 0.3) is 20.4 Å². The fraction of sp³-hybridized carbons (Fsp3) is 0.500. The molecular formula is C22H27N3OS3. The summed E-state index contributed by atoms with van der Waals surface area (Å²) in [5, 5.41) is 3.06. The van der Waals surface area contributed by atoms with Gasteiger partial charge in [-0.1, -0.05) is 37.8 Å². The molecule has 0 unspecified atom stereocenters. The highest BCUT2D eigenvalue weighted by atomic mass is 32.2. The van der Waals surface area contributed by atoms with E-state index < -0.39 is 0 Å². The molecule has 0 spiro atoms. The smallest absolute Gasteiger partial charge is 0.189 e. The van der Waals surface area contributed by atoms with Crippen LogP contribution in [0.3, 0.4) is 0 Å². The van der Waals surface area contributed by atoms with E-state index in [1.54, 1.807) is 34.9 Å². The molecule has 0 fully saturated rings. The predicted molar refractivity (Wildman–Crippen MR) is 127 cm³/mol. The minimum atomic E-state index is -0.184. The number of ether oxygens (including phenoxy) is 1. The number of rotatable bonds is 5. The standard InChI is InChI=1S/C22H27N3OS3/c1-11(2)10-28-20-18-17(24-21(25-20)27-7)15-13-8-22(5,6)26-9-14(13)16(12(3)4)23-19(15)29-18/h12H,1,8-10H2,2-7H3. The molecule has 0 aromatic carbocycles. The quantitative estimate of drug-likeness (QED) is 0.191. The van der Waals surface area contributed by atoms with Crippen molar-refractivity contribution in [1.29, 1.82) is 0 Å². The van der Waals surface area contributed by atoms with Gasteiger partial charge < -0.3 is 4.74 Å². The summed E-state index contributed by atoms with van der Waals surface area (Å²) in [7, 11) is 0. The van der Waals surface area contributed by atoms with Crippen LogP contribution in [0, 0.1) is 0 Å². The Kier molecular flexibility index (Phi) is 5.70. The minimum Gasteiger partial charge on any atom is -0.370 e. The number of aromatic nitrogens is 3. The van der Waals surface area contributed by atoms with Crippen LogP contribution in [0.1, 0.15) is 57.4 Å². The van der Waals surface area contributed by atoms with Crippen molar-refractivity contribution in [3.63, 3.8) is 0 Å². The molecule has 0 radical (unpaired) electrons. The van der Waals surface area contributed by atoms with Gasteiger partial charge in [0, 0.05) is 23.1 Å². The summed E-state index contributed by atoms with van der Waals surface area (Å²) < 4.78 is 7.31. The summed E-state index contributed by atoms with van der Waals surface area (Å²) in [4.78, 5) is 15.9. The van der Waals surface area contributed by atoms with E-state index in [-0.39, 0.29) is 5.60 Å². The highest BCUT2D eigenvalue weighted by Gasteiger charge is 2.32. The van der Waals surface area contributed by atoms with Gasteiger partial charge in [-0.15, -0.1) is 23.1 Å². The molecule has 0 amide bonds. The van der Waals surface area contributed by atoms with E-state index in [1.807, 2.05) is 6.26 Å². The molecule has 0 saturated carbocycles. The van der Waals surface area contributed by atoms with Gasteiger partial charge in [0.05, 0.1) is 28.1 Å². The fourth-order valence-electron chi connectivity index (χ4n) is 3.71. The monoisotopic (exact) mass is 445 g/mol. The average Bonchev–Trinajstić information content (AvgIpc) is 3.03. The molecule has 4 nitrogen and oxygen atoms in total. The average molecular weight is 446 g/mol. The molecule has 4 heterocycles. The van der Waals surface area contributed by atoms with E-state index in [9.17, 15) is 0 Å². The molecule has 0 aliphatic carbocycles. The van der Waals surface area contributed by atoms with Crippen molar-refractivity contribution in [2.45, 2.75) is 69.3 Å². The molecule has 3 aromatic rings. The number of thioether (sulfide) groups is 2. The van der Waals surface area contributed by atoms with Gasteiger partial charge in [0.2, 0.25) is 0 Å². The summed E-state index contributed by atoms with van der Waals surface area (Å²) in [5.41, 5.74) is 5.78. The first-order valence-corrected chi connectivity index (χ1v) is 12.8. The van der Waals surface area contributed by atoms with E-state index in [1.165, 1.54) is 16.5 Å². The summed E-state index contributed by atoms with van der Waals surface area (Å²) in [6.07, 6.45) is 2.91. The lowest BCUT2D eigenvalue weighted by molar-refractivity contribution is -0.0402. The number of pyridine rings is 1. The Balaban J connectivity index is 2.05. The Hall–Kier alpha value is -1.15. The normalized spacial score (nSPS) is 16.0. The summed E-state index contributed by atoms with van der Waals surface area (Å²) in [5.74, 6) is 1.21. The third kappa shape index (κ3) is 3.94. The second-order valence-electron chi connectivity index (χ2n) is 8.56. The zero-order valence-electron chi connectivity index (χ0n) is 17.9. The third-order valence-electron chi connectivity index (χ3n) is 5.06. The van der Waals surface area contributed by atoms with E-state index >= 15 is 0 Å². The summed E-state index contributed by atoms with van der Waals surface area (Å²) in [6, 6.07) is 0. The molecule has 0 atom stereocenters. The molecular weight excluding hydrogens is 418 g/mol. The van der Waals surface area contributed by atoms with Crippen molar-refractivity contribution >= 4 is 55.3 Å². The fourth-order valence-corrected chi connectivity index (χ4v) is 6.24. The number of hydrogen-bond acceptors (Lipinski definition) is 7. The first kappa shape index (κ1) is 21.1. The maximum atomic E-state index is 6.17. The molecule has 0 bridgehead atoms. The third-order valence-corrected chi connectivity index (χ3v) is 8.02.